The number of carbonyl (C=O) groups is 3. The fourth-order valence-corrected chi connectivity index (χ4v) is 5.48. The minimum absolute atomic E-state index is 0.109. The van der Waals surface area contributed by atoms with Crippen molar-refractivity contribution in [2.24, 2.45) is 17.8 Å². The van der Waals surface area contributed by atoms with Gasteiger partial charge in [-0.1, -0.05) is 19.9 Å². The Kier molecular flexibility index (Phi) is 5.80. The molecule has 3 heterocycles. The molecule has 0 aliphatic carbocycles. The van der Waals surface area contributed by atoms with E-state index in [1.165, 1.54) is 4.90 Å². The molecule has 3 aliphatic heterocycles. The molecule has 6 atom stereocenters. The standard InChI is InChI=1S/C21H32N2O6/c1-6-9-22(12(4)5)19(26)17-21-8-7-14(29-21)15(20(27)28)16(21)18(25)23(17)13(10-24)11(2)3/h6,11-17,24H,1,7-10H2,2-5H3,(H,27,28)/t13-,14+,15-,16-,17+,21-/m0/s1. The van der Waals surface area contributed by atoms with E-state index in [1.807, 2.05) is 27.7 Å². The van der Waals surface area contributed by atoms with Gasteiger partial charge >= 0.3 is 5.97 Å². The van der Waals surface area contributed by atoms with Gasteiger partial charge in [0, 0.05) is 12.6 Å². The second-order valence-corrected chi connectivity index (χ2v) is 9.01. The number of aliphatic hydroxyl groups excluding tert-OH is 1. The molecule has 0 aromatic carbocycles. The second kappa shape index (κ2) is 7.72. The van der Waals surface area contributed by atoms with Crippen LogP contribution in [0.3, 0.4) is 0 Å². The van der Waals surface area contributed by atoms with E-state index in [1.54, 1.807) is 11.0 Å². The Morgan fingerprint density at radius 3 is 2.52 bits per heavy atom. The number of fused-ring (bicyclic) bond motifs is 1. The number of aliphatic carboxylic acids is 1. The highest BCUT2D eigenvalue weighted by Crippen LogP contribution is 2.59. The summed E-state index contributed by atoms with van der Waals surface area (Å²) in [6.45, 7) is 11.3. The Bertz CT molecular complexity index is 707. The molecule has 8 heteroatoms. The van der Waals surface area contributed by atoms with Crippen LogP contribution in [0.15, 0.2) is 12.7 Å². The summed E-state index contributed by atoms with van der Waals surface area (Å²) in [5, 5.41) is 19.8. The lowest BCUT2D eigenvalue weighted by atomic mass is 9.70. The fourth-order valence-electron chi connectivity index (χ4n) is 5.48. The Hall–Kier alpha value is -1.93. The van der Waals surface area contributed by atoms with Crippen molar-refractivity contribution in [3.63, 3.8) is 0 Å². The summed E-state index contributed by atoms with van der Waals surface area (Å²) in [6.07, 6.45) is 2.04. The number of amides is 2. The lowest BCUT2D eigenvalue weighted by Crippen LogP contribution is -2.60. The van der Waals surface area contributed by atoms with Crippen molar-refractivity contribution >= 4 is 17.8 Å². The number of ether oxygens (including phenoxy) is 1. The highest BCUT2D eigenvalue weighted by atomic mass is 16.5. The average molecular weight is 408 g/mol. The van der Waals surface area contributed by atoms with Crippen LogP contribution in [0, 0.1) is 17.8 Å². The average Bonchev–Trinajstić information content (AvgIpc) is 3.27. The molecule has 2 amide bonds. The predicted molar refractivity (Wildman–Crippen MR) is 105 cm³/mol. The van der Waals surface area contributed by atoms with E-state index in [0.29, 0.717) is 19.4 Å². The zero-order valence-corrected chi connectivity index (χ0v) is 17.6. The zero-order chi connectivity index (χ0) is 21.7. The second-order valence-electron chi connectivity index (χ2n) is 9.01. The van der Waals surface area contributed by atoms with Gasteiger partial charge in [0.25, 0.3) is 0 Å². The molecule has 0 radical (unpaired) electrons. The van der Waals surface area contributed by atoms with Crippen molar-refractivity contribution in [1.29, 1.82) is 0 Å². The Morgan fingerprint density at radius 1 is 1.38 bits per heavy atom. The molecule has 3 aliphatic rings. The van der Waals surface area contributed by atoms with Gasteiger partial charge in [0.05, 0.1) is 30.6 Å². The molecule has 162 valence electrons. The van der Waals surface area contributed by atoms with Crippen LogP contribution < -0.4 is 0 Å². The highest BCUT2D eigenvalue weighted by Gasteiger charge is 2.75. The van der Waals surface area contributed by atoms with Crippen molar-refractivity contribution < 1.29 is 29.3 Å². The molecule has 2 bridgehead atoms. The molecule has 2 N–H and O–H groups in total. The number of aliphatic hydroxyl groups is 1. The molecular formula is C21H32N2O6. The molecular weight excluding hydrogens is 376 g/mol. The summed E-state index contributed by atoms with van der Waals surface area (Å²) in [4.78, 5) is 42.3. The topological polar surface area (TPSA) is 107 Å². The van der Waals surface area contributed by atoms with Gasteiger partial charge in [-0.2, -0.15) is 0 Å². The van der Waals surface area contributed by atoms with Gasteiger partial charge in [-0.05, 0) is 32.6 Å². The summed E-state index contributed by atoms with van der Waals surface area (Å²) in [7, 11) is 0. The summed E-state index contributed by atoms with van der Waals surface area (Å²) in [6, 6.07) is -1.67. The van der Waals surface area contributed by atoms with E-state index < -0.39 is 47.5 Å². The van der Waals surface area contributed by atoms with Crippen molar-refractivity contribution in [3.05, 3.63) is 12.7 Å². The van der Waals surface area contributed by atoms with E-state index in [0.717, 1.165) is 0 Å². The number of rotatable bonds is 8. The third kappa shape index (κ3) is 3.08. The van der Waals surface area contributed by atoms with Gasteiger partial charge in [0.1, 0.15) is 11.6 Å². The Labute approximate surface area is 171 Å². The number of likely N-dealkylation sites (tertiary alicyclic amines) is 1. The maximum Gasteiger partial charge on any atom is 0.310 e. The maximum atomic E-state index is 13.8. The number of nitrogens with zero attached hydrogens (tertiary/aromatic N) is 2. The molecule has 29 heavy (non-hydrogen) atoms. The monoisotopic (exact) mass is 408 g/mol. The largest absolute Gasteiger partial charge is 0.481 e. The van der Waals surface area contributed by atoms with Gasteiger partial charge in [-0.3, -0.25) is 14.4 Å². The van der Waals surface area contributed by atoms with Crippen LogP contribution in [-0.4, -0.2) is 80.8 Å². The molecule has 0 aromatic heterocycles. The Morgan fingerprint density at radius 2 is 2.03 bits per heavy atom. The molecule has 1 spiro atoms. The third-order valence-corrected chi connectivity index (χ3v) is 6.80. The molecule has 0 unspecified atom stereocenters. The number of carbonyl (C=O) groups excluding carboxylic acids is 2. The number of carboxylic acids is 1. The van der Waals surface area contributed by atoms with E-state index in [9.17, 15) is 24.6 Å². The van der Waals surface area contributed by atoms with E-state index in [-0.39, 0.29) is 24.5 Å². The smallest absolute Gasteiger partial charge is 0.310 e. The first-order chi connectivity index (χ1) is 13.6. The first-order valence-corrected chi connectivity index (χ1v) is 10.4. The number of hydrogen-bond acceptors (Lipinski definition) is 5. The van der Waals surface area contributed by atoms with Crippen LogP contribution in [0.1, 0.15) is 40.5 Å². The molecule has 0 aromatic rings. The lowest BCUT2D eigenvalue weighted by molar-refractivity contribution is -0.154. The highest BCUT2D eigenvalue weighted by molar-refractivity contribution is 5.98. The molecule has 0 saturated carbocycles. The molecule has 3 rings (SSSR count). The van der Waals surface area contributed by atoms with Crippen LogP contribution in [0.5, 0.6) is 0 Å². The van der Waals surface area contributed by atoms with Crippen molar-refractivity contribution in [3.8, 4) is 0 Å². The van der Waals surface area contributed by atoms with Crippen LogP contribution >= 0.6 is 0 Å². The first-order valence-electron chi connectivity index (χ1n) is 10.4. The summed E-state index contributed by atoms with van der Waals surface area (Å²) < 4.78 is 6.18. The van der Waals surface area contributed by atoms with Crippen LogP contribution in [0.25, 0.3) is 0 Å². The van der Waals surface area contributed by atoms with Gasteiger partial charge in [0.2, 0.25) is 11.8 Å². The van der Waals surface area contributed by atoms with Crippen LogP contribution in [0.4, 0.5) is 0 Å². The third-order valence-electron chi connectivity index (χ3n) is 6.80. The Balaban J connectivity index is 2.13. The van der Waals surface area contributed by atoms with E-state index in [2.05, 4.69) is 6.58 Å². The molecule has 8 nitrogen and oxygen atoms in total. The van der Waals surface area contributed by atoms with Crippen molar-refractivity contribution in [1.82, 2.24) is 9.80 Å². The van der Waals surface area contributed by atoms with Crippen LogP contribution in [0.2, 0.25) is 0 Å². The van der Waals surface area contributed by atoms with Gasteiger partial charge in [-0.15, -0.1) is 6.58 Å². The number of carboxylic acid groups (broad SMARTS) is 1. The SMILES string of the molecule is C=CCN(C(=O)[C@H]1N([C@@H](CO)C(C)C)C(=O)[C@@H]2[C@@H](C(=O)O)[C@H]3CC[C@]21O3)C(C)C. The molecule has 3 saturated heterocycles. The quantitative estimate of drug-likeness (QED) is 0.578. The summed E-state index contributed by atoms with van der Waals surface area (Å²) in [5.74, 6) is -3.72. The number of hydrogen-bond donors (Lipinski definition) is 2. The fraction of sp³-hybridized carbons (Fsp3) is 0.762. The minimum Gasteiger partial charge on any atom is -0.481 e. The van der Waals surface area contributed by atoms with E-state index >= 15 is 0 Å². The first kappa shape index (κ1) is 21.8. The summed E-state index contributed by atoms with van der Waals surface area (Å²) in [5.41, 5.74) is -1.15. The van der Waals surface area contributed by atoms with Gasteiger partial charge in [0.15, 0.2) is 0 Å². The van der Waals surface area contributed by atoms with E-state index in [4.69, 9.17) is 4.74 Å². The van der Waals surface area contributed by atoms with Crippen LogP contribution in [-0.2, 0) is 19.1 Å². The maximum absolute atomic E-state index is 13.8. The predicted octanol–water partition coefficient (Wildman–Crippen LogP) is 0.886. The normalized spacial score (nSPS) is 34.0. The minimum atomic E-state index is -1.15. The summed E-state index contributed by atoms with van der Waals surface area (Å²) >= 11 is 0. The molecule has 3 fully saturated rings. The van der Waals surface area contributed by atoms with Crippen molar-refractivity contribution in [2.45, 2.75) is 70.4 Å². The zero-order valence-electron chi connectivity index (χ0n) is 17.6. The lowest BCUT2D eigenvalue weighted by Gasteiger charge is -2.41. The van der Waals surface area contributed by atoms with Crippen molar-refractivity contribution in [2.75, 3.05) is 13.2 Å². The van der Waals surface area contributed by atoms with Gasteiger partial charge in [-0.25, -0.2) is 0 Å². The van der Waals surface area contributed by atoms with Gasteiger partial charge < -0.3 is 24.7 Å².